The highest BCUT2D eigenvalue weighted by Crippen LogP contribution is 2.27. The predicted molar refractivity (Wildman–Crippen MR) is 87.6 cm³/mol. The summed E-state index contributed by atoms with van der Waals surface area (Å²) in [6, 6.07) is 6.16. The smallest absolute Gasteiger partial charge is 0.0642 e. The van der Waals surface area contributed by atoms with Gasteiger partial charge < -0.3 is 15.3 Å². The third-order valence-corrected chi connectivity index (χ3v) is 3.34. The molecule has 0 fully saturated rings. The van der Waals surface area contributed by atoms with E-state index in [0.29, 0.717) is 6.54 Å². The molecule has 0 aliphatic carbocycles. The number of halogens is 1. The summed E-state index contributed by atoms with van der Waals surface area (Å²) >= 11 is 6.39. The average Bonchev–Trinajstić information content (AvgIpc) is 2.35. The lowest BCUT2D eigenvalue weighted by molar-refractivity contribution is 0.302. The van der Waals surface area contributed by atoms with Crippen LogP contribution in [0.5, 0.6) is 0 Å². The van der Waals surface area contributed by atoms with Crippen LogP contribution in [0.25, 0.3) is 0 Å². The lowest BCUT2D eigenvalue weighted by Gasteiger charge is -2.25. The Labute approximate surface area is 127 Å². The molecular formula is C16H27ClN2O. The summed E-state index contributed by atoms with van der Waals surface area (Å²) in [5.41, 5.74) is 2.27. The van der Waals surface area contributed by atoms with Gasteiger partial charge in [-0.3, -0.25) is 0 Å². The van der Waals surface area contributed by atoms with Crippen LogP contribution in [-0.2, 0) is 6.54 Å². The van der Waals surface area contributed by atoms with Gasteiger partial charge in [0.05, 0.1) is 17.3 Å². The van der Waals surface area contributed by atoms with Crippen LogP contribution in [0.4, 0.5) is 5.69 Å². The highest BCUT2D eigenvalue weighted by atomic mass is 35.5. The molecule has 0 unspecified atom stereocenters. The Kier molecular flexibility index (Phi) is 6.80. The maximum atomic E-state index is 9.15. The number of benzene rings is 1. The third-order valence-electron chi connectivity index (χ3n) is 3.04. The van der Waals surface area contributed by atoms with E-state index in [4.69, 9.17) is 16.7 Å². The zero-order chi connectivity index (χ0) is 15.2. The fourth-order valence-corrected chi connectivity index (χ4v) is 2.35. The molecule has 4 heteroatoms. The van der Waals surface area contributed by atoms with Crippen molar-refractivity contribution in [3.05, 3.63) is 28.8 Å². The monoisotopic (exact) mass is 298 g/mol. The van der Waals surface area contributed by atoms with E-state index in [1.807, 2.05) is 12.1 Å². The van der Waals surface area contributed by atoms with Gasteiger partial charge in [0.2, 0.25) is 0 Å². The van der Waals surface area contributed by atoms with Crippen LogP contribution in [0.15, 0.2) is 18.2 Å². The summed E-state index contributed by atoms with van der Waals surface area (Å²) in [5, 5.41) is 13.4. The van der Waals surface area contributed by atoms with Gasteiger partial charge in [-0.2, -0.15) is 0 Å². The SMILES string of the molecule is CCCN(CCO)c1ccc(CNC(C)(C)C)cc1Cl. The normalized spacial score (nSPS) is 11.7. The molecule has 1 rings (SSSR count). The molecule has 0 heterocycles. The van der Waals surface area contributed by atoms with Crippen molar-refractivity contribution >= 4 is 17.3 Å². The molecule has 0 saturated heterocycles. The Morgan fingerprint density at radius 2 is 1.95 bits per heavy atom. The molecule has 0 saturated carbocycles. The number of nitrogens with one attached hydrogen (secondary N) is 1. The third kappa shape index (κ3) is 5.70. The number of hydrogen-bond acceptors (Lipinski definition) is 3. The molecule has 20 heavy (non-hydrogen) atoms. The first-order valence-electron chi connectivity index (χ1n) is 7.26. The van der Waals surface area contributed by atoms with Crippen molar-refractivity contribution in [1.82, 2.24) is 5.32 Å². The molecular weight excluding hydrogens is 272 g/mol. The van der Waals surface area contributed by atoms with Crippen molar-refractivity contribution in [2.24, 2.45) is 0 Å². The Balaban J connectivity index is 2.80. The standard InChI is InChI=1S/C16H27ClN2O/c1-5-8-19(9-10-20)15-7-6-13(11-14(15)17)12-18-16(2,3)4/h6-7,11,18,20H,5,8-10,12H2,1-4H3. The van der Waals surface area contributed by atoms with Gasteiger partial charge in [-0.15, -0.1) is 0 Å². The summed E-state index contributed by atoms with van der Waals surface area (Å²) in [5.74, 6) is 0. The minimum Gasteiger partial charge on any atom is -0.395 e. The fourth-order valence-electron chi connectivity index (χ4n) is 2.03. The first-order valence-corrected chi connectivity index (χ1v) is 7.64. The first-order chi connectivity index (χ1) is 9.37. The zero-order valence-corrected chi connectivity index (χ0v) is 13.8. The highest BCUT2D eigenvalue weighted by Gasteiger charge is 2.12. The lowest BCUT2D eigenvalue weighted by atomic mass is 10.1. The Bertz CT molecular complexity index is 409. The molecule has 2 N–H and O–H groups in total. The molecule has 0 aromatic heterocycles. The largest absolute Gasteiger partial charge is 0.395 e. The molecule has 0 spiro atoms. The van der Waals surface area contributed by atoms with Crippen molar-refractivity contribution < 1.29 is 5.11 Å². The Morgan fingerprint density at radius 1 is 1.25 bits per heavy atom. The topological polar surface area (TPSA) is 35.5 Å². The average molecular weight is 299 g/mol. The van der Waals surface area contributed by atoms with Gasteiger partial charge in [-0.25, -0.2) is 0 Å². The maximum Gasteiger partial charge on any atom is 0.0642 e. The van der Waals surface area contributed by atoms with Crippen LogP contribution < -0.4 is 10.2 Å². The highest BCUT2D eigenvalue weighted by molar-refractivity contribution is 6.33. The van der Waals surface area contributed by atoms with Gasteiger partial charge in [0.1, 0.15) is 0 Å². The van der Waals surface area contributed by atoms with E-state index in [1.54, 1.807) is 0 Å². The Hall–Kier alpha value is -0.770. The van der Waals surface area contributed by atoms with E-state index in [9.17, 15) is 0 Å². The van der Waals surface area contributed by atoms with E-state index >= 15 is 0 Å². The second kappa shape index (κ2) is 7.87. The second-order valence-corrected chi connectivity index (χ2v) is 6.51. The molecule has 1 aromatic rings. The number of hydrogen-bond donors (Lipinski definition) is 2. The quantitative estimate of drug-likeness (QED) is 0.809. The molecule has 0 aliphatic rings. The van der Waals surface area contributed by atoms with Crippen molar-refractivity contribution in [1.29, 1.82) is 0 Å². The first kappa shape index (κ1) is 17.3. The predicted octanol–water partition coefficient (Wildman–Crippen LogP) is 3.44. The van der Waals surface area contributed by atoms with E-state index < -0.39 is 0 Å². The zero-order valence-electron chi connectivity index (χ0n) is 13.0. The van der Waals surface area contributed by atoms with Crippen LogP contribution in [0.2, 0.25) is 5.02 Å². The Morgan fingerprint density at radius 3 is 2.45 bits per heavy atom. The second-order valence-electron chi connectivity index (χ2n) is 6.10. The minimum atomic E-state index is 0.0935. The molecule has 0 amide bonds. The number of aliphatic hydroxyl groups excluding tert-OH is 1. The summed E-state index contributed by atoms with van der Waals surface area (Å²) in [6.45, 7) is 11.0. The molecule has 0 aliphatic heterocycles. The lowest BCUT2D eigenvalue weighted by Crippen LogP contribution is -2.35. The van der Waals surface area contributed by atoms with Gasteiger partial charge in [0.25, 0.3) is 0 Å². The van der Waals surface area contributed by atoms with Gasteiger partial charge in [-0.05, 0) is 44.9 Å². The summed E-state index contributed by atoms with van der Waals surface area (Å²) in [6.07, 6.45) is 1.03. The van der Waals surface area contributed by atoms with E-state index in [0.717, 1.165) is 30.2 Å². The molecule has 0 bridgehead atoms. The molecule has 114 valence electrons. The summed E-state index contributed by atoms with van der Waals surface area (Å²) in [4.78, 5) is 2.13. The molecule has 3 nitrogen and oxygen atoms in total. The number of anilines is 1. The van der Waals surface area contributed by atoms with Crippen molar-refractivity contribution in [3.63, 3.8) is 0 Å². The van der Waals surface area contributed by atoms with Crippen LogP contribution in [0.1, 0.15) is 39.7 Å². The molecule has 1 aromatic carbocycles. The van der Waals surface area contributed by atoms with E-state index in [1.165, 1.54) is 5.56 Å². The van der Waals surface area contributed by atoms with Gasteiger partial charge in [0.15, 0.2) is 0 Å². The number of nitrogens with zero attached hydrogens (tertiary/aromatic N) is 1. The van der Waals surface area contributed by atoms with Gasteiger partial charge in [0, 0.05) is 25.2 Å². The van der Waals surface area contributed by atoms with Crippen molar-refractivity contribution in [2.45, 2.75) is 46.2 Å². The minimum absolute atomic E-state index is 0.0935. The van der Waals surface area contributed by atoms with Crippen LogP contribution in [0, 0.1) is 0 Å². The van der Waals surface area contributed by atoms with Crippen LogP contribution in [-0.4, -0.2) is 30.3 Å². The van der Waals surface area contributed by atoms with Crippen molar-refractivity contribution in [3.8, 4) is 0 Å². The van der Waals surface area contributed by atoms with Crippen LogP contribution in [0.3, 0.4) is 0 Å². The summed E-state index contributed by atoms with van der Waals surface area (Å²) in [7, 11) is 0. The van der Waals surface area contributed by atoms with Gasteiger partial charge in [-0.1, -0.05) is 24.6 Å². The fraction of sp³-hybridized carbons (Fsp3) is 0.625. The van der Waals surface area contributed by atoms with E-state index in [-0.39, 0.29) is 12.1 Å². The maximum absolute atomic E-state index is 9.15. The number of rotatable bonds is 7. The summed E-state index contributed by atoms with van der Waals surface area (Å²) < 4.78 is 0. The van der Waals surface area contributed by atoms with Gasteiger partial charge >= 0.3 is 0 Å². The molecule has 0 radical (unpaired) electrons. The molecule has 0 atom stereocenters. The van der Waals surface area contributed by atoms with Crippen molar-refractivity contribution in [2.75, 3.05) is 24.6 Å². The van der Waals surface area contributed by atoms with Crippen LogP contribution >= 0.6 is 11.6 Å². The number of aliphatic hydroxyl groups is 1. The van der Waals surface area contributed by atoms with E-state index in [2.05, 4.69) is 44.0 Å².